The lowest BCUT2D eigenvalue weighted by molar-refractivity contribution is -0.0178. The van der Waals surface area contributed by atoms with Crippen molar-refractivity contribution >= 4 is 0 Å². The average Bonchev–Trinajstić information content (AvgIpc) is 2.96. The summed E-state index contributed by atoms with van der Waals surface area (Å²) in [5.41, 5.74) is 5.40. The summed E-state index contributed by atoms with van der Waals surface area (Å²) in [5.74, 6) is 1.37. The van der Waals surface area contributed by atoms with Crippen molar-refractivity contribution in [2.45, 2.75) is 57.1 Å². The topological polar surface area (TPSA) is 74.2 Å². The number of aryl methyl sites for hydroxylation is 1. The Morgan fingerprint density at radius 3 is 2.76 bits per heavy atom. The highest BCUT2D eigenvalue weighted by molar-refractivity contribution is 5.04. The molecule has 5 heteroatoms. The SMILES string of the molecule is COC1(c2noc(CCC(C)N)n2)CCCC1. The van der Waals surface area contributed by atoms with Gasteiger partial charge in [0.2, 0.25) is 11.7 Å². The van der Waals surface area contributed by atoms with Crippen LogP contribution >= 0.6 is 0 Å². The molecule has 0 spiro atoms. The van der Waals surface area contributed by atoms with Gasteiger partial charge < -0.3 is 15.0 Å². The van der Waals surface area contributed by atoms with Crippen LogP contribution in [-0.2, 0) is 16.8 Å². The van der Waals surface area contributed by atoms with Crippen LogP contribution in [-0.4, -0.2) is 23.3 Å². The van der Waals surface area contributed by atoms with Crippen molar-refractivity contribution in [1.29, 1.82) is 0 Å². The standard InChI is InChI=1S/C12H21N3O2/c1-9(13)5-6-10-14-11(15-17-10)12(16-2)7-3-4-8-12/h9H,3-8,13H2,1-2H3. The van der Waals surface area contributed by atoms with E-state index in [2.05, 4.69) is 10.1 Å². The molecule has 1 unspecified atom stereocenters. The first-order valence-corrected chi connectivity index (χ1v) is 6.30. The van der Waals surface area contributed by atoms with Crippen molar-refractivity contribution in [3.8, 4) is 0 Å². The van der Waals surface area contributed by atoms with E-state index in [1.807, 2.05) is 6.92 Å². The Bertz CT molecular complexity index is 356. The fraction of sp³-hybridized carbons (Fsp3) is 0.833. The first-order valence-electron chi connectivity index (χ1n) is 6.30. The highest BCUT2D eigenvalue weighted by atomic mass is 16.5. The van der Waals surface area contributed by atoms with Gasteiger partial charge in [-0.05, 0) is 39.0 Å². The summed E-state index contributed by atoms with van der Waals surface area (Å²) in [4.78, 5) is 4.45. The summed E-state index contributed by atoms with van der Waals surface area (Å²) < 4.78 is 10.9. The monoisotopic (exact) mass is 239 g/mol. The van der Waals surface area contributed by atoms with Crippen LogP contribution in [0.1, 0.15) is 50.7 Å². The highest BCUT2D eigenvalue weighted by Gasteiger charge is 2.40. The third kappa shape index (κ3) is 2.66. The molecule has 2 N–H and O–H groups in total. The molecule has 2 rings (SSSR count). The maximum absolute atomic E-state index is 5.71. The van der Waals surface area contributed by atoms with Crippen LogP contribution in [0.25, 0.3) is 0 Å². The molecule has 1 fully saturated rings. The number of hydrogen-bond acceptors (Lipinski definition) is 5. The molecule has 1 aliphatic carbocycles. The number of nitrogens with two attached hydrogens (primary N) is 1. The molecule has 1 aromatic heterocycles. The molecule has 1 saturated carbocycles. The van der Waals surface area contributed by atoms with Crippen LogP contribution < -0.4 is 5.73 Å². The predicted molar refractivity (Wildman–Crippen MR) is 63.4 cm³/mol. The minimum absolute atomic E-state index is 0.160. The van der Waals surface area contributed by atoms with Crippen LogP contribution in [0.2, 0.25) is 0 Å². The van der Waals surface area contributed by atoms with Gasteiger partial charge in [-0.15, -0.1) is 0 Å². The third-order valence-corrected chi connectivity index (χ3v) is 3.49. The maximum Gasteiger partial charge on any atom is 0.226 e. The Morgan fingerprint density at radius 1 is 1.47 bits per heavy atom. The summed E-state index contributed by atoms with van der Waals surface area (Å²) in [6.45, 7) is 1.98. The number of nitrogens with zero attached hydrogens (tertiary/aromatic N) is 2. The van der Waals surface area contributed by atoms with Crippen molar-refractivity contribution in [3.05, 3.63) is 11.7 Å². The molecule has 96 valence electrons. The molecule has 1 atom stereocenters. The first-order chi connectivity index (χ1) is 8.16. The predicted octanol–water partition coefficient (Wildman–Crippen LogP) is 1.77. The molecule has 17 heavy (non-hydrogen) atoms. The van der Waals surface area contributed by atoms with Crippen molar-refractivity contribution in [2.75, 3.05) is 7.11 Å². The second kappa shape index (κ2) is 5.14. The van der Waals surface area contributed by atoms with E-state index in [0.717, 1.165) is 38.5 Å². The van der Waals surface area contributed by atoms with Gasteiger partial charge in [0.1, 0.15) is 5.60 Å². The third-order valence-electron chi connectivity index (χ3n) is 3.49. The zero-order chi connectivity index (χ0) is 12.3. The quantitative estimate of drug-likeness (QED) is 0.847. The molecule has 0 aromatic carbocycles. The Labute approximate surface area is 102 Å². The lowest BCUT2D eigenvalue weighted by atomic mass is 10.0. The Hall–Kier alpha value is -0.940. The van der Waals surface area contributed by atoms with Gasteiger partial charge in [0.25, 0.3) is 0 Å². The van der Waals surface area contributed by atoms with Crippen LogP contribution in [0.5, 0.6) is 0 Å². The summed E-state index contributed by atoms with van der Waals surface area (Å²) in [5, 5.41) is 4.07. The largest absolute Gasteiger partial charge is 0.370 e. The fourth-order valence-electron chi connectivity index (χ4n) is 2.36. The van der Waals surface area contributed by atoms with Gasteiger partial charge in [-0.2, -0.15) is 4.98 Å². The number of aromatic nitrogens is 2. The van der Waals surface area contributed by atoms with Crippen LogP contribution in [0, 0.1) is 0 Å². The first kappa shape index (κ1) is 12.5. The van der Waals surface area contributed by atoms with E-state index in [-0.39, 0.29) is 11.6 Å². The Morgan fingerprint density at radius 2 is 2.18 bits per heavy atom. The summed E-state index contributed by atoms with van der Waals surface area (Å²) >= 11 is 0. The molecule has 0 saturated heterocycles. The molecule has 1 aliphatic rings. The average molecular weight is 239 g/mol. The lowest BCUT2D eigenvalue weighted by Crippen LogP contribution is -2.26. The lowest BCUT2D eigenvalue weighted by Gasteiger charge is -2.22. The number of methoxy groups -OCH3 is 1. The zero-order valence-corrected chi connectivity index (χ0v) is 10.6. The van der Waals surface area contributed by atoms with Crippen molar-refractivity contribution in [1.82, 2.24) is 10.1 Å². The van der Waals surface area contributed by atoms with Gasteiger partial charge in [-0.1, -0.05) is 5.16 Å². The smallest absolute Gasteiger partial charge is 0.226 e. The zero-order valence-electron chi connectivity index (χ0n) is 10.6. The summed E-state index contributed by atoms with van der Waals surface area (Å²) in [7, 11) is 1.73. The highest BCUT2D eigenvalue weighted by Crippen LogP contribution is 2.40. The van der Waals surface area contributed by atoms with E-state index in [9.17, 15) is 0 Å². The molecule has 5 nitrogen and oxygen atoms in total. The maximum atomic E-state index is 5.71. The molecular formula is C12H21N3O2. The molecule has 1 heterocycles. The van der Waals surface area contributed by atoms with Gasteiger partial charge in [0.15, 0.2) is 0 Å². The molecule has 0 bridgehead atoms. The second-order valence-corrected chi connectivity index (χ2v) is 4.93. The van der Waals surface area contributed by atoms with E-state index >= 15 is 0 Å². The van der Waals surface area contributed by atoms with Crippen LogP contribution in [0.4, 0.5) is 0 Å². The van der Waals surface area contributed by atoms with Crippen LogP contribution in [0.3, 0.4) is 0 Å². The summed E-state index contributed by atoms with van der Waals surface area (Å²) in [6.07, 6.45) is 5.90. The van der Waals surface area contributed by atoms with E-state index in [0.29, 0.717) is 11.7 Å². The van der Waals surface area contributed by atoms with Crippen molar-refractivity contribution < 1.29 is 9.26 Å². The molecule has 1 aromatic rings. The number of ether oxygens (including phenoxy) is 1. The number of hydrogen-bond donors (Lipinski definition) is 1. The van der Waals surface area contributed by atoms with E-state index < -0.39 is 0 Å². The minimum Gasteiger partial charge on any atom is -0.370 e. The summed E-state index contributed by atoms with van der Waals surface area (Å²) in [6, 6.07) is 0.160. The van der Waals surface area contributed by atoms with Gasteiger partial charge in [0.05, 0.1) is 0 Å². The molecule has 0 aliphatic heterocycles. The Balaban J connectivity index is 2.06. The van der Waals surface area contributed by atoms with E-state index in [1.165, 1.54) is 0 Å². The van der Waals surface area contributed by atoms with Crippen molar-refractivity contribution in [3.63, 3.8) is 0 Å². The van der Waals surface area contributed by atoms with Crippen molar-refractivity contribution in [2.24, 2.45) is 5.73 Å². The molecule has 0 radical (unpaired) electrons. The van der Waals surface area contributed by atoms with Gasteiger partial charge in [-0.3, -0.25) is 0 Å². The van der Waals surface area contributed by atoms with Gasteiger partial charge >= 0.3 is 0 Å². The van der Waals surface area contributed by atoms with Crippen LogP contribution in [0.15, 0.2) is 4.52 Å². The van der Waals surface area contributed by atoms with Gasteiger partial charge in [0, 0.05) is 19.6 Å². The Kier molecular flexibility index (Phi) is 3.79. The number of rotatable bonds is 5. The minimum atomic E-state index is -0.309. The van der Waals surface area contributed by atoms with E-state index in [1.54, 1.807) is 7.11 Å². The fourth-order valence-corrected chi connectivity index (χ4v) is 2.36. The molecular weight excluding hydrogens is 218 g/mol. The second-order valence-electron chi connectivity index (χ2n) is 4.93. The van der Waals surface area contributed by atoms with Gasteiger partial charge in [-0.25, -0.2) is 0 Å². The normalized spacial score (nSPS) is 20.6. The molecule has 0 amide bonds. The van der Waals surface area contributed by atoms with E-state index in [4.69, 9.17) is 15.0 Å².